The third-order valence-electron chi connectivity index (χ3n) is 2.38. The van der Waals surface area contributed by atoms with Crippen molar-refractivity contribution in [2.45, 2.75) is 38.6 Å². The van der Waals surface area contributed by atoms with E-state index in [0.29, 0.717) is 18.9 Å². The summed E-state index contributed by atoms with van der Waals surface area (Å²) in [6.45, 7) is 2.78. The van der Waals surface area contributed by atoms with Crippen molar-refractivity contribution in [3.05, 3.63) is 0 Å². The van der Waals surface area contributed by atoms with Gasteiger partial charge in [-0.25, -0.2) is 0 Å². The van der Waals surface area contributed by atoms with Crippen LogP contribution in [0.4, 0.5) is 0 Å². The van der Waals surface area contributed by atoms with Crippen LogP contribution in [0.5, 0.6) is 0 Å². The van der Waals surface area contributed by atoms with Gasteiger partial charge >= 0.3 is 0 Å². The number of hydrogen-bond donors (Lipinski definition) is 0. The maximum atomic E-state index is 11.2. The SMILES string of the molecule is CCN1C(=O)CC[C@H]1CCC#N. The predicted molar refractivity (Wildman–Crippen MR) is 45.3 cm³/mol. The molecule has 0 saturated carbocycles. The van der Waals surface area contributed by atoms with Crippen molar-refractivity contribution in [1.29, 1.82) is 5.26 Å². The van der Waals surface area contributed by atoms with Gasteiger partial charge in [-0.1, -0.05) is 0 Å². The number of nitriles is 1. The Labute approximate surface area is 73.0 Å². The van der Waals surface area contributed by atoms with Gasteiger partial charge in [0.05, 0.1) is 6.07 Å². The molecule has 1 heterocycles. The van der Waals surface area contributed by atoms with Crippen molar-refractivity contribution in [3.8, 4) is 6.07 Å². The van der Waals surface area contributed by atoms with Gasteiger partial charge in [-0.05, 0) is 19.8 Å². The third kappa shape index (κ3) is 1.76. The molecule has 3 nitrogen and oxygen atoms in total. The number of amides is 1. The van der Waals surface area contributed by atoms with Crippen LogP contribution < -0.4 is 0 Å². The summed E-state index contributed by atoms with van der Waals surface area (Å²) in [5.74, 6) is 0.250. The van der Waals surface area contributed by atoms with Gasteiger partial charge in [0, 0.05) is 25.4 Å². The lowest BCUT2D eigenvalue weighted by Crippen LogP contribution is -2.32. The summed E-state index contributed by atoms with van der Waals surface area (Å²) in [6.07, 6.45) is 3.02. The lowest BCUT2D eigenvalue weighted by Gasteiger charge is -2.21. The van der Waals surface area contributed by atoms with Gasteiger partial charge < -0.3 is 4.90 Å². The van der Waals surface area contributed by atoms with Crippen molar-refractivity contribution in [2.75, 3.05) is 6.54 Å². The number of hydrogen-bond acceptors (Lipinski definition) is 2. The average Bonchev–Trinajstić information content (AvgIpc) is 2.43. The summed E-state index contributed by atoms with van der Waals surface area (Å²) in [4.78, 5) is 13.1. The second kappa shape index (κ2) is 4.10. The van der Waals surface area contributed by atoms with Crippen LogP contribution in [0.25, 0.3) is 0 Å². The summed E-state index contributed by atoms with van der Waals surface area (Å²) in [5, 5.41) is 8.40. The minimum Gasteiger partial charge on any atom is -0.340 e. The lowest BCUT2D eigenvalue weighted by molar-refractivity contribution is -0.128. The first-order valence-electron chi connectivity index (χ1n) is 4.46. The molecule has 1 atom stereocenters. The van der Waals surface area contributed by atoms with Crippen LogP contribution in [0.3, 0.4) is 0 Å². The molecule has 0 bridgehead atoms. The zero-order chi connectivity index (χ0) is 8.97. The molecule has 0 aliphatic carbocycles. The van der Waals surface area contributed by atoms with Crippen molar-refractivity contribution in [3.63, 3.8) is 0 Å². The molecule has 1 saturated heterocycles. The van der Waals surface area contributed by atoms with Gasteiger partial charge in [-0.2, -0.15) is 5.26 Å². The van der Waals surface area contributed by atoms with Crippen LogP contribution in [0.15, 0.2) is 0 Å². The van der Waals surface area contributed by atoms with Crippen LogP contribution in [0.1, 0.15) is 32.6 Å². The molecule has 1 aliphatic rings. The van der Waals surface area contributed by atoms with Gasteiger partial charge in [0.2, 0.25) is 5.91 Å². The third-order valence-corrected chi connectivity index (χ3v) is 2.38. The molecule has 1 aliphatic heterocycles. The van der Waals surface area contributed by atoms with Crippen molar-refractivity contribution in [1.82, 2.24) is 4.90 Å². The second-order valence-corrected chi connectivity index (χ2v) is 3.07. The second-order valence-electron chi connectivity index (χ2n) is 3.07. The molecule has 1 fully saturated rings. The van der Waals surface area contributed by atoms with E-state index in [0.717, 1.165) is 19.4 Å². The van der Waals surface area contributed by atoms with E-state index in [1.165, 1.54) is 0 Å². The molecule has 0 spiro atoms. The molecule has 0 N–H and O–H groups in total. The Bertz CT molecular complexity index is 207. The molecule has 3 heteroatoms. The number of carbonyl (C=O) groups is 1. The normalized spacial score (nSPS) is 22.8. The van der Waals surface area contributed by atoms with Crippen LogP contribution >= 0.6 is 0 Å². The molecule has 12 heavy (non-hydrogen) atoms. The zero-order valence-corrected chi connectivity index (χ0v) is 7.42. The Kier molecular flexibility index (Phi) is 3.09. The Hall–Kier alpha value is -1.04. The van der Waals surface area contributed by atoms with Gasteiger partial charge in [-0.15, -0.1) is 0 Å². The average molecular weight is 166 g/mol. The van der Waals surface area contributed by atoms with Gasteiger partial charge in [0.1, 0.15) is 0 Å². The standard InChI is InChI=1S/C9H14N2O/c1-2-11-8(4-3-7-10)5-6-9(11)12/h8H,2-6H2,1H3/t8-/m1/s1. The first kappa shape index (κ1) is 9.05. The Morgan fingerprint density at radius 3 is 3.08 bits per heavy atom. The first-order chi connectivity index (χ1) is 5.79. The fourth-order valence-electron chi connectivity index (χ4n) is 1.76. The summed E-state index contributed by atoms with van der Waals surface area (Å²) < 4.78 is 0. The van der Waals surface area contributed by atoms with E-state index in [9.17, 15) is 4.79 Å². The first-order valence-corrected chi connectivity index (χ1v) is 4.46. The molecular formula is C9H14N2O. The highest BCUT2D eigenvalue weighted by atomic mass is 16.2. The smallest absolute Gasteiger partial charge is 0.222 e. The molecule has 0 unspecified atom stereocenters. The highest BCUT2D eigenvalue weighted by Crippen LogP contribution is 2.21. The van der Waals surface area contributed by atoms with E-state index >= 15 is 0 Å². The molecule has 0 aromatic carbocycles. The summed E-state index contributed by atoms with van der Waals surface area (Å²) in [5.41, 5.74) is 0. The Balaban J connectivity index is 2.44. The maximum absolute atomic E-state index is 11.2. The monoisotopic (exact) mass is 166 g/mol. The Morgan fingerprint density at radius 1 is 1.75 bits per heavy atom. The number of rotatable bonds is 3. The minimum atomic E-state index is 0.250. The highest BCUT2D eigenvalue weighted by molar-refractivity contribution is 5.78. The fourth-order valence-corrected chi connectivity index (χ4v) is 1.76. The quantitative estimate of drug-likeness (QED) is 0.634. The summed E-state index contributed by atoms with van der Waals surface area (Å²) in [7, 11) is 0. The molecule has 1 amide bonds. The molecule has 0 aromatic rings. The maximum Gasteiger partial charge on any atom is 0.222 e. The molecular weight excluding hydrogens is 152 g/mol. The van der Waals surface area contributed by atoms with Crippen LogP contribution in [0, 0.1) is 11.3 Å². The van der Waals surface area contributed by atoms with E-state index in [4.69, 9.17) is 5.26 Å². The van der Waals surface area contributed by atoms with Crippen LogP contribution in [-0.2, 0) is 4.79 Å². The zero-order valence-electron chi connectivity index (χ0n) is 7.42. The highest BCUT2D eigenvalue weighted by Gasteiger charge is 2.28. The predicted octanol–water partition coefficient (Wildman–Crippen LogP) is 1.30. The van der Waals surface area contributed by atoms with Gasteiger partial charge in [0.15, 0.2) is 0 Å². The van der Waals surface area contributed by atoms with Crippen molar-refractivity contribution < 1.29 is 4.79 Å². The summed E-state index contributed by atoms with van der Waals surface area (Å²) >= 11 is 0. The van der Waals surface area contributed by atoms with E-state index in [-0.39, 0.29) is 5.91 Å². The summed E-state index contributed by atoms with van der Waals surface area (Å²) in [6, 6.07) is 2.45. The number of carbonyl (C=O) groups excluding carboxylic acids is 1. The van der Waals surface area contributed by atoms with E-state index in [1.54, 1.807) is 0 Å². The lowest BCUT2D eigenvalue weighted by atomic mass is 10.1. The largest absolute Gasteiger partial charge is 0.340 e. The molecule has 66 valence electrons. The van der Waals surface area contributed by atoms with Gasteiger partial charge in [-0.3, -0.25) is 4.79 Å². The van der Waals surface area contributed by atoms with Gasteiger partial charge in [0.25, 0.3) is 0 Å². The fraction of sp³-hybridized carbons (Fsp3) is 0.778. The number of likely N-dealkylation sites (tertiary alicyclic amines) is 1. The Morgan fingerprint density at radius 2 is 2.50 bits per heavy atom. The van der Waals surface area contributed by atoms with Crippen LogP contribution in [0.2, 0.25) is 0 Å². The van der Waals surface area contributed by atoms with Crippen molar-refractivity contribution >= 4 is 5.91 Å². The van der Waals surface area contributed by atoms with E-state index in [1.807, 2.05) is 11.8 Å². The minimum absolute atomic E-state index is 0.250. The number of nitrogens with zero attached hydrogens (tertiary/aromatic N) is 2. The van der Waals surface area contributed by atoms with E-state index in [2.05, 4.69) is 6.07 Å². The molecule has 0 radical (unpaired) electrons. The van der Waals surface area contributed by atoms with Crippen LogP contribution in [-0.4, -0.2) is 23.4 Å². The van der Waals surface area contributed by atoms with E-state index < -0.39 is 0 Å². The van der Waals surface area contributed by atoms with Crippen molar-refractivity contribution in [2.24, 2.45) is 0 Å². The topological polar surface area (TPSA) is 44.1 Å². The molecule has 0 aromatic heterocycles. The molecule has 1 rings (SSSR count).